The lowest BCUT2D eigenvalue weighted by Crippen LogP contribution is -2.23. The van der Waals surface area contributed by atoms with Crippen molar-refractivity contribution in [2.45, 2.75) is 19.5 Å². The Labute approximate surface area is 110 Å². The van der Waals surface area contributed by atoms with Crippen molar-refractivity contribution in [3.8, 4) is 0 Å². The first-order valence-electron chi connectivity index (χ1n) is 5.81. The van der Waals surface area contributed by atoms with E-state index in [9.17, 15) is 4.79 Å². The summed E-state index contributed by atoms with van der Waals surface area (Å²) in [4.78, 5) is 21.1. The van der Waals surface area contributed by atoms with E-state index in [-0.39, 0.29) is 11.7 Å². The van der Waals surface area contributed by atoms with Crippen molar-refractivity contribution in [2.75, 3.05) is 7.05 Å². The first-order valence-corrected chi connectivity index (χ1v) is 5.81. The number of H-pyrrole nitrogens is 1. The van der Waals surface area contributed by atoms with Gasteiger partial charge < -0.3 is 5.11 Å². The van der Waals surface area contributed by atoms with Gasteiger partial charge in [-0.05, 0) is 20.0 Å². The number of hydrogen-bond acceptors (Lipinski definition) is 5. The van der Waals surface area contributed by atoms with Gasteiger partial charge in [-0.25, -0.2) is 14.8 Å². The fraction of sp³-hybridized carbons (Fsp3) is 0.333. The summed E-state index contributed by atoms with van der Waals surface area (Å²) < 4.78 is 0. The standard InChI is InChI=1S/C12H15N5O2/c1-8(10-3-4-13-7-14-10)17(2)6-9-5-15-16-11(9)12(18)19/h3-5,7-8H,6H2,1-2H3,(H,15,16)(H,18,19)/t8-/m1/s1. The van der Waals surface area contributed by atoms with Crippen molar-refractivity contribution in [3.05, 3.63) is 41.7 Å². The van der Waals surface area contributed by atoms with Crippen molar-refractivity contribution >= 4 is 5.97 Å². The van der Waals surface area contributed by atoms with Crippen LogP contribution in [0.2, 0.25) is 0 Å². The molecule has 0 spiro atoms. The highest BCUT2D eigenvalue weighted by atomic mass is 16.4. The SMILES string of the molecule is C[C@H](c1ccncn1)N(C)Cc1cn[nH]c1C(=O)O. The third-order valence-corrected chi connectivity index (χ3v) is 3.05. The van der Waals surface area contributed by atoms with Gasteiger partial charge in [0.05, 0.1) is 11.9 Å². The van der Waals surface area contributed by atoms with Crippen LogP contribution < -0.4 is 0 Å². The second-order valence-electron chi connectivity index (χ2n) is 4.30. The molecular formula is C12H15N5O2. The maximum absolute atomic E-state index is 11.0. The number of hydrogen-bond donors (Lipinski definition) is 2. The molecule has 2 aromatic rings. The van der Waals surface area contributed by atoms with Crippen molar-refractivity contribution in [3.63, 3.8) is 0 Å². The molecule has 2 N–H and O–H groups in total. The molecule has 2 rings (SSSR count). The van der Waals surface area contributed by atoms with E-state index in [4.69, 9.17) is 5.11 Å². The molecule has 2 aromatic heterocycles. The van der Waals surface area contributed by atoms with Gasteiger partial charge in [0.1, 0.15) is 12.0 Å². The quantitative estimate of drug-likeness (QED) is 0.836. The van der Waals surface area contributed by atoms with E-state index in [0.29, 0.717) is 12.1 Å². The molecule has 100 valence electrons. The molecule has 0 aromatic carbocycles. The van der Waals surface area contributed by atoms with Crippen LogP contribution in [0.1, 0.15) is 34.7 Å². The number of carbonyl (C=O) groups is 1. The Morgan fingerprint density at radius 1 is 1.58 bits per heavy atom. The second-order valence-corrected chi connectivity index (χ2v) is 4.30. The molecule has 0 saturated heterocycles. The Kier molecular flexibility index (Phi) is 3.86. The predicted octanol–water partition coefficient (Wildman–Crippen LogP) is 1.09. The van der Waals surface area contributed by atoms with Crippen molar-refractivity contribution < 1.29 is 9.90 Å². The molecule has 2 heterocycles. The van der Waals surface area contributed by atoms with Crippen LogP contribution in [0.15, 0.2) is 24.8 Å². The normalized spacial score (nSPS) is 12.6. The number of carboxylic acid groups (broad SMARTS) is 1. The van der Waals surface area contributed by atoms with E-state index in [0.717, 1.165) is 5.69 Å². The minimum atomic E-state index is -1.00. The lowest BCUT2D eigenvalue weighted by molar-refractivity contribution is 0.0688. The number of aromatic carboxylic acids is 1. The first-order chi connectivity index (χ1) is 9.09. The summed E-state index contributed by atoms with van der Waals surface area (Å²) in [5, 5.41) is 15.3. The fourth-order valence-electron chi connectivity index (χ4n) is 1.80. The number of nitrogens with zero attached hydrogens (tertiary/aromatic N) is 4. The number of carboxylic acids is 1. The van der Waals surface area contributed by atoms with Gasteiger partial charge in [-0.2, -0.15) is 5.10 Å². The minimum absolute atomic E-state index is 0.0551. The number of rotatable bonds is 5. The van der Waals surface area contributed by atoms with Crippen LogP contribution in [0.3, 0.4) is 0 Å². The molecule has 0 fully saturated rings. The van der Waals surface area contributed by atoms with Crippen LogP contribution in [-0.4, -0.2) is 43.2 Å². The summed E-state index contributed by atoms with van der Waals surface area (Å²) in [6.45, 7) is 2.48. The highest BCUT2D eigenvalue weighted by Crippen LogP contribution is 2.18. The highest BCUT2D eigenvalue weighted by molar-refractivity contribution is 5.86. The maximum Gasteiger partial charge on any atom is 0.354 e. The molecule has 0 aliphatic heterocycles. The summed E-state index contributed by atoms with van der Waals surface area (Å²) in [5.74, 6) is -1.00. The zero-order valence-corrected chi connectivity index (χ0v) is 10.7. The van der Waals surface area contributed by atoms with E-state index in [1.807, 2.05) is 24.9 Å². The third-order valence-electron chi connectivity index (χ3n) is 3.05. The van der Waals surface area contributed by atoms with Crippen molar-refractivity contribution in [1.82, 2.24) is 25.1 Å². The molecule has 0 saturated carbocycles. The molecule has 1 atom stereocenters. The Hall–Kier alpha value is -2.28. The van der Waals surface area contributed by atoms with Gasteiger partial charge in [0.25, 0.3) is 0 Å². The number of aromatic nitrogens is 4. The average Bonchev–Trinajstić information content (AvgIpc) is 2.87. The molecule has 0 amide bonds. The Balaban J connectivity index is 2.11. The molecule has 0 radical (unpaired) electrons. The monoisotopic (exact) mass is 261 g/mol. The van der Waals surface area contributed by atoms with Crippen LogP contribution in [0.5, 0.6) is 0 Å². The number of aromatic amines is 1. The zero-order valence-electron chi connectivity index (χ0n) is 10.7. The molecule has 0 aliphatic rings. The van der Waals surface area contributed by atoms with Crippen molar-refractivity contribution in [2.24, 2.45) is 0 Å². The van der Waals surface area contributed by atoms with E-state index in [1.54, 1.807) is 6.20 Å². The predicted molar refractivity (Wildman–Crippen MR) is 67.5 cm³/mol. The summed E-state index contributed by atoms with van der Waals surface area (Å²) in [7, 11) is 1.91. The highest BCUT2D eigenvalue weighted by Gasteiger charge is 2.18. The summed E-state index contributed by atoms with van der Waals surface area (Å²) in [5.41, 5.74) is 1.66. The lowest BCUT2D eigenvalue weighted by atomic mass is 10.1. The second kappa shape index (κ2) is 5.57. The largest absolute Gasteiger partial charge is 0.477 e. The van der Waals surface area contributed by atoms with Crippen LogP contribution in [-0.2, 0) is 6.54 Å². The molecule has 0 bridgehead atoms. The molecule has 0 aliphatic carbocycles. The minimum Gasteiger partial charge on any atom is -0.477 e. The third kappa shape index (κ3) is 2.94. The van der Waals surface area contributed by atoms with Crippen LogP contribution in [0.25, 0.3) is 0 Å². The van der Waals surface area contributed by atoms with E-state index >= 15 is 0 Å². The number of nitrogens with one attached hydrogen (secondary N) is 1. The van der Waals surface area contributed by atoms with E-state index in [1.165, 1.54) is 12.5 Å². The summed E-state index contributed by atoms with van der Waals surface area (Å²) in [6.07, 6.45) is 4.72. The first kappa shape index (κ1) is 13.2. The van der Waals surface area contributed by atoms with Crippen LogP contribution in [0.4, 0.5) is 0 Å². The van der Waals surface area contributed by atoms with Gasteiger partial charge in [0, 0.05) is 24.3 Å². The van der Waals surface area contributed by atoms with Gasteiger partial charge in [0.15, 0.2) is 0 Å². The Morgan fingerprint density at radius 3 is 3.00 bits per heavy atom. The van der Waals surface area contributed by atoms with Gasteiger partial charge >= 0.3 is 5.97 Å². The summed E-state index contributed by atoms with van der Waals surface area (Å²) in [6, 6.07) is 1.90. The molecule has 7 nitrogen and oxygen atoms in total. The van der Waals surface area contributed by atoms with Crippen molar-refractivity contribution in [1.29, 1.82) is 0 Å². The van der Waals surface area contributed by atoms with Gasteiger partial charge in [-0.3, -0.25) is 10.00 Å². The molecule has 19 heavy (non-hydrogen) atoms. The fourth-order valence-corrected chi connectivity index (χ4v) is 1.80. The van der Waals surface area contributed by atoms with Crippen LogP contribution >= 0.6 is 0 Å². The van der Waals surface area contributed by atoms with Crippen LogP contribution in [0, 0.1) is 0 Å². The molecular weight excluding hydrogens is 246 g/mol. The average molecular weight is 261 g/mol. The Morgan fingerprint density at radius 2 is 2.37 bits per heavy atom. The lowest BCUT2D eigenvalue weighted by Gasteiger charge is -2.23. The molecule has 0 unspecified atom stereocenters. The van der Waals surface area contributed by atoms with E-state index in [2.05, 4.69) is 20.2 Å². The Bertz CT molecular complexity index is 554. The molecule has 7 heteroatoms. The van der Waals surface area contributed by atoms with Gasteiger partial charge in [0.2, 0.25) is 0 Å². The zero-order chi connectivity index (χ0) is 13.8. The van der Waals surface area contributed by atoms with E-state index < -0.39 is 5.97 Å². The topological polar surface area (TPSA) is 95.0 Å². The van der Waals surface area contributed by atoms with Gasteiger partial charge in [-0.1, -0.05) is 0 Å². The summed E-state index contributed by atoms with van der Waals surface area (Å²) >= 11 is 0. The van der Waals surface area contributed by atoms with Gasteiger partial charge in [-0.15, -0.1) is 0 Å². The smallest absolute Gasteiger partial charge is 0.354 e. The maximum atomic E-state index is 11.0.